The van der Waals surface area contributed by atoms with Crippen LogP contribution in [0.3, 0.4) is 0 Å². The van der Waals surface area contributed by atoms with Crippen molar-refractivity contribution in [3.8, 4) is 0 Å². The summed E-state index contributed by atoms with van der Waals surface area (Å²) in [6.07, 6.45) is 5.34. The molecule has 1 fully saturated rings. The molecule has 0 radical (unpaired) electrons. The first kappa shape index (κ1) is 15.8. The Morgan fingerprint density at radius 2 is 2.10 bits per heavy atom. The van der Waals surface area contributed by atoms with E-state index in [1.807, 2.05) is 11.0 Å². The number of hydrogen-bond acceptors (Lipinski definition) is 2. The summed E-state index contributed by atoms with van der Waals surface area (Å²) in [5.74, 6) is 1.05. The fourth-order valence-corrected chi connectivity index (χ4v) is 2.72. The second-order valence-electron chi connectivity index (χ2n) is 6.11. The Labute approximate surface area is 127 Å². The van der Waals surface area contributed by atoms with Crippen molar-refractivity contribution in [1.29, 1.82) is 0 Å². The SMILES string of the molecule is CC(C)c1ccc(/C=C/C(=O)N2CCC(CCO)C2)cc1. The van der Waals surface area contributed by atoms with Gasteiger partial charge in [-0.1, -0.05) is 38.1 Å². The monoisotopic (exact) mass is 287 g/mol. The number of rotatable bonds is 5. The van der Waals surface area contributed by atoms with Crippen LogP contribution in [0.4, 0.5) is 0 Å². The summed E-state index contributed by atoms with van der Waals surface area (Å²) in [6, 6.07) is 8.33. The molecule has 2 rings (SSSR count). The molecular weight excluding hydrogens is 262 g/mol. The summed E-state index contributed by atoms with van der Waals surface area (Å²) < 4.78 is 0. The molecule has 1 amide bonds. The number of amides is 1. The fourth-order valence-electron chi connectivity index (χ4n) is 2.72. The first-order valence-electron chi connectivity index (χ1n) is 7.78. The molecule has 1 aliphatic rings. The van der Waals surface area contributed by atoms with Gasteiger partial charge in [0.1, 0.15) is 0 Å². The summed E-state index contributed by atoms with van der Waals surface area (Å²) in [5, 5.41) is 8.95. The molecule has 1 aliphatic heterocycles. The smallest absolute Gasteiger partial charge is 0.246 e. The summed E-state index contributed by atoms with van der Waals surface area (Å²) in [6.45, 7) is 6.13. The lowest BCUT2D eigenvalue weighted by atomic mass is 10.0. The maximum atomic E-state index is 12.1. The lowest BCUT2D eigenvalue weighted by Gasteiger charge is -2.13. The van der Waals surface area contributed by atoms with Crippen molar-refractivity contribution in [3.05, 3.63) is 41.5 Å². The molecule has 1 N–H and O–H groups in total. The predicted octanol–water partition coefficient (Wildman–Crippen LogP) is 3.05. The molecule has 0 bridgehead atoms. The molecule has 1 unspecified atom stereocenters. The zero-order valence-electron chi connectivity index (χ0n) is 13.0. The van der Waals surface area contributed by atoms with Crippen LogP contribution in [0.25, 0.3) is 6.08 Å². The normalized spacial score (nSPS) is 18.9. The number of likely N-dealkylation sites (tertiary alicyclic amines) is 1. The third-order valence-electron chi connectivity index (χ3n) is 4.16. The van der Waals surface area contributed by atoms with E-state index in [2.05, 4.69) is 38.1 Å². The van der Waals surface area contributed by atoms with E-state index in [9.17, 15) is 4.79 Å². The average Bonchev–Trinajstić information content (AvgIpc) is 2.94. The molecule has 0 saturated carbocycles. The lowest BCUT2D eigenvalue weighted by Crippen LogP contribution is -2.26. The standard InChI is InChI=1S/C18H25NO2/c1-14(2)17-6-3-15(4-7-17)5-8-18(21)19-11-9-16(13-19)10-12-20/h3-8,14,16,20H,9-13H2,1-2H3/b8-5+. The summed E-state index contributed by atoms with van der Waals surface area (Å²) in [4.78, 5) is 14.0. The highest BCUT2D eigenvalue weighted by atomic mass is 16.3. The summed E-state index contributed by atoms with van der Waals surface area (Å²) in [5.41, 5.74) is 2.36. The molecule has 3 nitrogen and oxygen atoms in total. The van der Waals surface area contributed by atoms with E-state index < -0.39 is 0 Å². The Bertz CT molecular complexity index is 490. The van der Waals surface area contributed by atoms with Crippen LogP contribution in [0.2, 0.25) is 0 Å². The number of carbonyl (C=O) groups is 1. The molecule has 0 aliphatic carbocycles. The first-order chi connectivity index (χ1) is 10.1. The summed E-state index contributed by atoms with van der Waals surface area (Å²) >= 11 is 0. The van der Waals surface area contributed by atoms with Crippen molar-refractivity contribution in [3.63, 3.8) is 0 Å². The fraction of sp³-hybridized carbons (Fsp3) is 0.500. The van der Waals surface area contributed by atoms with Gasteiger partial charge < -0.3 is 10.0 Å². The first-order valence-corrected chi connectivity index (χ1v) is 7.78. The van der Waals surface area contributed by atoms with Crippen molar-refractivity contribution in [2.75, 3.05) is 19.7 Å². The number of aliphatic hydroxyl groups excluding tert-OH is 1. The third-order valence-corrected chi connectivity index (χ3v) is 4.16. The largest absolute Gasteiger partial charge is 0.396 e. The van der Waals surface area contributed by atoms with Gasteiger partial charge in [-0.3, -0.25) is 4.79 Å². The second-order valence-corrected chi connectivity index (χ2v) is 6.11. The average molecular weight is 287 g/mol. The van der Waals surface area contributed by atoms with Gasteiger partial charge in [-0.2, -0.15) is 0 Å². The van der Waals surface area contributed by atoms with Crippen LogP contribution in [0.5, 0.6) is 0 Å². The maximum absolute atomic E-state index is 12.1. The van der Waals surface area contributed by atoms with Gasteiger partial charge in [0.25, 0.3) is 0 Å². The van der Waals surface area contributed by atoms with Crippen LogP contribution in [0.15, 0.2) is 30.3 Å². The van der Waals surface area contributed by atoms with Gasteiger partial charge in [-0.25, -0.2) is 0 Å². The lowest BCUT2D eigenvalue weighted by molar-refractivity contribution is -0.125. The van der Waals surface area contributed by atoms with Crippen LogP contribution < -0.4 is 0 Å². The minimum atomic E-state index is 0.0726. The van der Waals surface area contributed by atoms with Crippen molar-refractivity contribution in [1.82, 2.24) is 4.90 Å². The molecule has 1 saturated heterocycles. The Balaban J connectivity index is 1.90. The maximum Gasteiger partial charge on any atom is 0.246 e. The van der Waals surface area contributed by atoms with E-state index in [1.165, 1.54) is 5.56 Å². The summed E-state index contributed by atoms with van der Waals surface area (Å²) in [7, 11) is 0. The molecule has 1 atom stereocenters. The molecular formula is C18H25NO2. The molecule has 0 spiro atoms. The van der Waals surface area contributed by atoms with Gasteiger partial charge in [-0.15, -0.1) is 0 Å². The topological polar surface area (TPSA) is 40.5 Å². The number of nitrogens with zero attached hydrogens (tertiary/aromatic N) is 1. The van der Waals surface area contributed by atoms with Crippen LogP contribution in [-0.2, 0) is 4.79 Å². The molecule has 0 aromatic heterocycles. The van der Waals surface area contributed by atoms with Crippen LogP contribution in [0, 0.1) is 5.92 Å². The number of benzene rings is 1. The van der Waals surface area contributed by atoms with E-state index in [-0.39, 0.29) is 12.5 Å². The van der Waals surface area contributed by atoms with Crippen molar-refractivity contribution in [2.45, 2.75) is 32.6 Å². The van der Waals surface area contributed by atoms with Crippen molar-refractivity contribution < 1.29 is 9.90 Å². The van der Waals surface area contributed by atoms with Gasteiger partial charge in [0.2, 0.25) is 5.91 Å². The van der Waals surface area contributed by atoms with Gasteiger partial charge >= 0.3 is 0 Å². The van der Waals surface area contributed by atoms with Crippen LogP contribution in [-0.4, -0.2) is 35.6 Å². The third kappa shape index (κ3) is 4.43. The highest BCUT2D eigenvalue weighted by Crippen LogP contribution is 2.20. The minimum absolute atomic E-state index is 0.0726. The van der Waals surface area contributed by atoms with E-state index in [0.717, 1.165) is 31.5 Å². The predicted molar refractivity (Wildman–Crippen MR) is 86.0 cm³/mol. The van der Waals surface area contributed by atoms with E-state index in [0.29, 0.717) is 11.8 Å². The number of aliphatic hydroxyl groups is 1. The van der Waals surface area contributed by atoms with Crippen LogP contribution >= 0.6 is 0 Å². The van der Waals surface area contributed by atoms with Crippen LogP contribution in [0.1, 0.15) is 43.7 Å². The Morgan fingerprint density at radius 1 is 1.38 bits per heavy atom. The van der Waals surface area contributed by atoms with E-state index in [4.69, 9.17) is 5.11 Å². The molecule has 1 aromatic rings. The van der Waals surface area contributed by atoms with E-state index >= 15 is 0 Å². The highest BCUT2D eigenvalue weighted by molar-refractivity contribution is 5.91. The highest BCUT2D eigenvalue weighted by Gasteiger charge is 2.24. The molecule has 1 heterocycles. The van der Waals surface area contributed by atoms with Gasteiger partial charge in [0.15, 0.2) is 0 Å². The molecule has 114 valence electrons. The second kappa shape index (κ2) is 7.41. The van der Waals surface area contributed by atoms with Crippen molar-refractivity contribution >= 4 is 12.0 Å². The number of hydrogen-bond donors (Lipinski definition) is 1. The van der Waals surface area contributed by atoms with Gasteiger partial charge in [-0.05, 0) is 41.9 Å². The molecule has 1 aromatic carbocycles. The Morgan fingerprint density at radius 3 is 2.71 bits per heavy atom. The zero-order chi connectivity index (χ0) is 15.2. The quantitative estimate of drug-likeness (QED) is 0.846. The minimum Gasteiger partial charge on any atom is -0.396 e. The van der Waals surface area contributed by atoms with Gasteiger partial charge in [0.05, 0.1) is 0 Å². The molecule has 21 heavy (non-hydrogen) atoms. The van der Waals surface area contributed by atoms with E-state index in [1.54, 1.807) is 6.08 Å². The zero-order valence-corrected chi connectivity index (χ0v) is 13.0. The molecule has 3 heteroatoms. The van der Waals surface area contributed by atoms with Crippen molar-refractivity contribution in [2.24, 2.45) is 5.92 Å². The van der Waals surface area contributed by atoms with Gasteiger partial charge in [0, 0.05) is 25.8 Å². The number of carbonyl (C=O) groups excluding carboxylic acids is 1. The Hall–Kier alpha value is -1.61. The Kier molecular flexibility index (Phi) is 5.57.